The van der Waals surface area contributed by atoms with Crippen molar-refractivity contribution in [3.63, 3.8) is 0 Å². The molecule has 1 aromatic rings. The molecule has 0 aromatic carbocycles. The minimum atomic E-state index is -0.317. The van der Waals surface area contributed by atoms with Gasteiger partial charge in [0.2, 0.25) is 0 Å². The Kier molecular flexibility index (Phi) is 12.9. The molecule has 9 heteroatoms. The fourth-order valence-electron chi connectivity index (χ4n) is 9.36. The van der Waals surface area contributed by atoms with Gasteiger partial charge >= 0.3 is 11.9 Å². The lowest BCUT2D eigenvalue weighted by molar-refractivity contribution is -0.563. The minimum Gasteiger partial charge on any atom is -0.348 e. The lowest BCUT2D eigenvalue weighted by Gasteiger charge is -2.56. The average molecular weight is 672 g/mol. The fourth-order valence-corrected chi connectivity index (χ4v) is 9.36. The number of methoxy groups -OCH3 is 2. The zero-order chi connectivity index (χ0) is 36.5. The third kappa shape index (κ3) is 8.91. The second-order valence-corrected chi connectivity index (χ2v) is 18.3. The molecule has 274 valence electrons. The average Bonchev–Trinajstić information content (AvgIpc) is 2.95. The Morgan fingerprint density at radius 1 is 0.667 bits per heavy atom. The van der Waals surface area contributed by atoms with E-state index in [1.54, 1.807) is 14.2 Å². The van der Waals surface area contributed by atoms with Crippen molar-refractivity contribution in [1.29, 1.82) is 0 Å². The minimum absolute atomic E-state index is 0.0174. The summed E-state index contributed by atoms with van der Waals surface area (Å²) in [7, 11) is 3.56. The SMILES string of the molecule is C=[N+](c1nc([N+](=C)C(OC)C2CC(C)(C)N(CCCC)C(C)(C)C2)nc(C(C)(C)C)n1)C(OC)C1CC(C)(C)N(CCCC)C(C)(C)C1. The van der Waals surface area contributed by atoms with E-state index in [0.717, 1.165) is 38.8 Å². The second-order valence-electron chi connectivity index (χ2n) is 18.3. The smallest absolute Gasteiger partial charge is 0.348 e. The lowest BCUT2D eigenvalue weighted by atomic mass is 9.72. The van der Waals surface area contributed by atoms with E-state index in [9.17, 15) is 0 Å². The van der Waals surface area contributed by atoms with Crippen LogP contribution in [0, 0.1) is 11.8 Å². The highest BCUT2D eigenvalue weighted by atomic mass is 16.5. The molecular weight excluding hydrogens is 598 g/mol. The number of rotatable bonds is 14. The Bertz CT molecular complexity index is 1140. The van der Waals surface area contributed by atoms with Crippen molar-refractivity contribution < 1.29 is 18.6 Å². The van der Waals surface area contributed by atoms with Crippen LogP contribution >= 0.6 is 0 Å². The Morgan fingerprint density at radius 3 is 1.23 bits per heavy atom. The number of ether oxygens (including phenoxy) is 2. The van der Waals surface area contributed by atoms with Crippen molar-refractivity contribution in [1.82, 2.24) is 24.8 Å². The van der Waals surface area contributed by atoms with Gasteiger partial charge in [0.1, 0.15) is 0 Å². The third-order valence-electron chi connectivity index (χ3n) is 11.1. The van der Waals surface area contributed by atoms with Gasteiger partial charge in [-0.25, -0.2) is 9.15 Å². The molecule has 2 saturated heterocycles. The number of piperidine rings is 2. The zero-order valence-corrected chi connectivity index (χ0v) is 33.7. The maximum atomic E-state index is 6.27. The molecule has 0 spiro atoms. The molecule has 9 nitrogen and oxygen atoms in total. The first kappa shape index (κ1) is 40.6. The number of hydrogen-bond acceptors (Lipinski definition) is 7. The van der Waals surface area contributed by atoms with Crippen LogP contribution in [0.4, 0.5) is 11.9 Å². The van der Waals surface area contributed by atoms with E-state index >= 15 is 0 Å². The van der Waals surface area contributed by atoms with Crippen LogP contribution in [0.1, 0.15) is 147 Å². The first-order valence-electron chi connectivity index (χ1n) is 18.6. The van der Waals surface area contributed by atoms with Crippen molar-refractivity contribution in [2.75, 3.05) is 27.3 Å². The van der Waals surface area contributed by atoms with Crippen molar-refractivity contribution in [2.45, 2.75) is 181 Å². The topological polar surface area (TPSA) is 69.6 Å². The summed E-state index contributed by atoms with van der Waals surface area (Å²) in [6.45, 7) is 41.2. The van der Waals surface area contributed by atoms with Gasteiger partial charge in [-0.15, -0.1) is 0 Å². The fraction of sp³-hybridized carbons (Fsp3) is 0.872. The molecule has 2 fully saturated rings. The highest BCUT2D eigenvalue weighted by Gasteiger charge is 2.51. The van der Waals surface area contributed by atoms with E-state index in [2.05, 4.69) is 113 Å². The van der Waals surface area contributed by atoms with E-state index in [-0.39, 0.29) is 51.9 Å². The summed E-state index contributed by atoms with van der Waals surface area (Å²) in [6.07, 6.45) is 8.15. The van der Waals surface area contributed by atoms with Crippen LogP contribution < -0.4 is 0 Å². The summed E-state index contributed by atoms with van der Waals surface area (Å²) in [6, 6.07) is 0. The normalized spacial score (nSPS) is 23.1. The Hall–Kier alpha value is -1.81. The predicted molar refractivity (Wildman–Crippen MR) is 199 cm³/mol. The summed E-state index contributed by atoms with van der Waals surface area (Å²) in [5.41, 5.74) is -0.247. The van der Waals surface area contributed by atoms with Crippen LogP contribution in [0.15, 0.2) is 0 Å². The zero-order valence-electron chi connectivity index (χ0n) is 33.7. The van der Waals surface area contributed by atoms with Gasteiger partial charge in [-0.1, -0.05) is 26.7 Å². The summed E-state index contributed by atoms with van der Waals surface area (Å²) >= 11 is 0. The van der Waals surface area contributed by atoms with Gasteiger partial charge in [-0.3, -0.25) is 9.80 Å². The summed E-state index contributed by atoms with van der Waals surface area (Å²) in [5, 5.41) is 0. The van der Waals surface area contributed by atoms with Crippen LogP contribution in [-0.2, 0) is 14.9 Å². The molecule has 3 rings (SSSR count). The predicted octanol–water partition coefficient (Wildman–Crippen LogP) is 7.94. The molecule has 2 atom stereocenters. The molecule has 3 heterocycles. The molecule has 0 bridgehead atoms. The van der Waals surface area contributed by atoms with Crippen molar-refractivity contribution >= 4 is 25.3 Å². The van der Waals surface area contributed by atoms with E-state index in [1.807, 2.05) is 9.15 Å². The number of likely N-dealkylation sites (tertiary alicyclic amines) is 2. The summed E-state index contributed by atoms with van der Waals surface area (Å²) in [5.74, 6) is 2.16. The van der Waals surface area contributed by atoms with Gasteiger partial charge in [-0.2, -0.15) is 0 Å². The maximum absolute atomic E-state index is 6.27. The number of unbranched alkanes of at least 4 members (excludes halogenated alkanes) is 2. The quantitative estimate of drug-likeness (QED) is 0.113. The van der Waals surface area contributed by atoms with Crippen LogP contribution in [0.25, 0.3) is 0 Å². The number of aromatic nitrogens is 3. The number of nitrogens with zero attached hydrogens (tertiary/aromatic N) is 7. The van der Waals surface area contributed by atoms with Gasteiger partial charge in [0, 0.05) is 66.6 Å². The van der Waals surface area contributed by atoms with Crippen molar-refractivity contribution in [2.24, 2.45) is 11.8 Å². The summed E-state index contributed by atoms with van der Waals surface area (Å²) < 4.78 is 16.3. The number of hydrogen-bond donors (Lipinski definition) is 0. The summed E-state index contributed by atoms with van der Waals surface area (Å²) in [4.78, 5) is 20.5. The van der Waals surface area contributed by atoms with Crippen LogP contribution in [0.5, 0.6) is 0 Å². The highest BCUT2D eigenvalue weighted by molar-refractivity contribution is 5.28. The third-order valence-corrected chi connectivity index (χ3v) is 11.1. The highest BCUT2D eigenvalue weighted by Crippen LogP contribution is 2.45. The van der Waals surface area contributed by atoms with E-state index in [0.29, 0.717) is 17.7 Å². The first-order chi connectivity index (χ1) is 22.1. The van der Waals surface area contributed by atoms with Gasteiger partial charge in [0.05, 0.1) is 5.41 Å². The molecule has 0 saturated carbocycles. The molecular formula is C39H73N7O2+2. The molecule has 0 aliphatic carbocycles. The standard InChI is InChI=1S/C39H73N7O2/c1-18-20-22-45-36(6,7)24-28(25-37(45,8)9)30(47-16)43(14)33-40-32(35(3,4)5)41-34(42-33)44(15)31(48-17)29-26-38(10,11)46(23-21-19-2)39(12,13)27-29/h28-31H,14-15,18-27H2,1-13,16-17H3/q+2. The van der Waals surface area contributed by atoms with Crippen molar-refractivity contribution in [3.8, 4) is 0 Å². The molecule has 2 aliphatic rings. The second kappa shape index (κ2) is 15.2. The Morgan fingerprint density at radius 2 is 0.979 bits per heavy atom. The van der Waals surface area contributed by atoms with Crippen LogP contribution in [-0.4, -0.2) is 109 Å². The molecule has 0 N–H and O–H groups in total. The lowest BCUT2D eigenvalue weighted by Crippen LogP contribution is -2.62. The van der Waals surface area contributed by atoms with Gasteiger partial charge in [0.15, 0.2) is 12.5 Å². The van der Waals surface area contributed by atoms with Crippen molar-refractivity contribution in [3.05, 3.63) is 5.82 Å². The molecule has 48 heavy (non-hydrogen) atoms. The Labute approximate surface area is 294 Å². The van der Waals surface area contributed by atoms with Gasteiger partial charge in [0.25, 0.3) is 5.82 Å². The Balaban J connectivity index is 1.99. The molecule has 0 amide bonds. The van der Waals surface area contributed by atoms with Crippen LogP contribution in [0.3, 0.4) is 0 Å². The van der Waals surface area contributed by atoms with Gasteiger partial charge in [-0.05, 0) is 138 Å². The molecule has 1 aromatic heterocycles. The molecule has 2 unspecified atom stereocenters. The first-order valence-corrected chi connectivity index (χ1v) is 18.6. The largest absolute Gasteiger partial charge is 0.443 e. The molecule has 2 aliphatic heterocycles. The van der Waals surface area contributed by atoms with E-state index < -0.39 is 0 Å². The van der Waals surface area contributed by atoms with Crippen LogP contribution in [0.2, 0.25) is 0 Å². The van der Waals surface area contributed by atoms with E-state index in [1.165, 1.54) is 25.7 Å². The monoisotopic (exact) mass is 672 g/mol. The molecule has 0 radical (unpaired) electrons. The van der Waals surface area contributed by atoms with E-state index in [4.69, 9.17) is 24.4 Å². The maximum Gasteiger partial charge on any atom is 0.443 e. The van der Waals surface area contributed by atoms with Gasteiger partial charge < -0.3 is 9.47 Å².